The van der Waals surface area contributed by atoms with Crippen LogP contribution in [0.2, 0.25) is 0 Å². The first-order chi connectivity index (χ1) is 12.0. The maximum atomic E-state index is 12.3. The lowest BCUT2D eigenvalue weighted by Gasteiger charge is -2.32. The van der Waals surface area contributed by atoms with E-state index in [0.29, 0.717) is 32.4 Å². The summed E-state index contributed by atoms with van der Waals surface area (Å²) in [5, 5.41) is 11.9. The molecule has 8 heteroatoms. The Morgan fingerprint density at radius 2 is 1.88 bits per heavy atom. The van der Waals surface area contributed by atoms with Gasteiger partial charge in [-0.1, -0.05) is 20.8 Å². The lowest BCUT2D eigenvalue weighted by molar-refractivity contribution is -0.147. The fourth-order valence-corrected chi connectivity index (χ4v) is 2.69. The average molecular weight is 369 g/mol. The molecule has 0 aromatic carbocycles. The lowest BCUT2D eigenvalue weighted by atomic mass is 9.96. The molecule has 1 aliphatic heterocycles. The van der Waals surface area contributed by atoms with Gasteiger partial charge in [0, 0.05) is 38.5 Å². The van der Waals surface area contributed by atoms with Crippen LogP contribution >= 0.6 is 0 Å². The van der Waals surface area contributed by atoms with Crippen molar-refractivity contribution in [2.75, 3.05) is 33.2 Å². The van der Waals surface area contributed by atoms with Gasteiger partial charge in [-0.2, -0.15) is 0 Å². The molecule has 0 radical (unpaired) electrons. The summed E-state index contributed by atoms with van der Waals surface area (Å²) >= 11 is 0. The highest BCUT2D eigenvalue weighted by Crippen LogP contribution is 2.17. The number of carbonyl (C=O) groups is 4. The first-order valence-electron chi connectivity index (χ1n) is 9.05. The zero-order valence-electron chi connectivity index (χ0n) is 16.2. The van der Waals surface area contributed by atoms with Gasteiger partial charge in [0.25, 0.3) is 0 Å². The number of likely N-dealkylation sites (tertiary alicyclic amines) is 1. The van der Waals surface area contributed by atoms with Crippen LogP contribution in [0.25, 0.3) is 0 Å². The zero-order valence-corrected chi connectivity index (χ0v) is 16.2. The van der Waals surface area contributed by atoms with Crippen molar-refractivity contribution in [1.29, 1.82) is 0 Å². The highest BCUT2D eigenvalue weighted by Gasteiger charge is 2.29. The van der Waals surface area contributed by atoms with Gasteiger partial charge in [-0.25, -0.2) is 0 Å². The van der Waals surface area contributed by atoms with Crippen molar-refractivity contribution in [3.63, 3.8) is 0 Å². The summed E-state index contributed by atoms with van der Waals surface area (Å²) in [7, 11) is 1.56. The number of hydrogen-bond donors (Lipinski definition) is 2. The van der Waals surface area contributed by atoms with E-state index in [9.17, 15) is 19.2 Å². The highest BCUT2D eigenvalue weighted by atomic mass is 16.4. The van der Waals surface area contributed by atoms with Gasteiger partial charge in [-0.15, -0.1) is 0 Å². The third-order valence-electron chi connectivity index (χ3n) is 4.46. The Hall–Kier alpha value is -2.12. The third kappa shape index (κ3) is 7.01. The van der Waals surface area contributed by atoms with Gasteiger partial charge < -0.3 is 20.2 Å². The summed E-state index contributed by atoms with van der Waals surface area (Å²) in [5.41, 5.74) is -0.463. The summed E-state index contributed by atoms with van der Waals surface area (Å²) in [6, 6.07) is 0. The van der Waals surface area contributed by atoms with Gasteiger partial charge in [0.05, 0.1) is 12.5 Å². The smallest absolute Gasteiger partial charge is 0.308 e. The Labute approximate surface area is 154 Å². The number of nitrogens with one attached hydrogen (secondary N) is 1. The zero-order chi connectivity index (χ0) is 19.9. The summed E-state index contributed by atoms with van der Waals surface area (Å²) in [5.74, 6) is -1.88. The molecule has 8 nitrogen and oxygen atoms in total. The normalized spacial score (nSPS) is 17.5. The summed E-state index contributed by atoms with van der Waals surface area (Å²) in [4.78, 5) is 50.1. The fourth-order valence-electron chi connectivity index (χ4n) is 2.69. The Kier molecular flexibility index (Phi) is 8.05. The molecule has 0 aromatic heterocycles. The molecule has 2 N–H and O–H groups in total. The van der Waals surface area contributed by atoms with Crippen molar-refractivity contribution in [3.05, 3.63) is 0 Å². The maximum absolute atomic E-state index is 12.3. The molecule has 0 saturated carbocycles. The van der Waals surface area contributed by atoms with Gasteiger partial charge in [0.15, 0.2) is 0 Å². The molecule has 26 heavy (non-hydrogen) atoms. The van der Waals surface area contributed by atoms with Crippen LogP contribution in [0.15, 0.2) is 0 Å². The molecule has 0 bridgehead atoms. The SMILES string of the molecule is CN(CC(=O)N1CCCC(C(=O)O)C1)C(=O)CCCNC(=O)C(C)(C)C. The first-order valence-corrected chi connectivity index (χ1v) is 9.05. The number of piperidine rings is 1. The van der Waals surface area contributed by atoms with Gasteiger partial charge in [0.2, 0.25) is 17.7 Å². The molecular formula is C18H31N3O5. The van der Waals surface area contributed by atoms with Crippen LogP contribution in [0.1, 0.15) is 46.5 Å². The topological polar surface area (TPSA) is 107 Å². The van der Waals surface area contributed by atoms with E-state index in [1.54, 1.807) is 7.05 Å². The van der Waals surface area contributed by atoms with Crippen molar-refractivity contribution in [1.82, 2.24) is 15.1 Å². The Balaban J connectivity index is 2.34. The van der Waals surface area contributed by atoms with Crippen LogP contribution in [0.4, 0.5) is 0 Å². The van der Waals surface area contributed by atoms with E-state index < -0.39 is 17.3 Å². The number of carboxylic acid groups (broad SMARTS) is 1. The predicted molar refractivity (Wildman–Crippen MR) is 96.3 cm³/mol. The summed E-state index contributed by atoms with van der Waals surface area (Å²) in [6.07, 6.45) is 1.98. The van der Waals surface area contributed by atoms with Gasteiger partial charge >= 0.3 is 5.97 Å². The number of hydrogen-bond acceptors (Lipinski definition) is 4. The van der Waals surface area contributed by atoms with Crippen molar-refractivity contribution in [2.45, 2.75) is 46.5 Å². The number of rotatable bonds is 7. The number of amides is 3. The molecule has 1 saturated heterocycles. The first kappa shape index (κ1) is 21.9. The van der Waals surface area contributed by atoms with E-state index in [-0.39, 0.29) is 37.2 Å². The van der Waals surface area contributed by atoms with Crippen molar-refractivity contribution >= 4 is 23.7 Å². The van der Waals surface area contributed by atoms with E-state index in [2.05, 4.69) is 5.32 Å². The van der Waals surface area contributed by atoms with Crippen LogP contribution in [-0.4, -0.2) is 71.8 Å². The second-order valence-corrected chi connectivity index (χ2v) is 7.88. The van der Waals surface area contributed by atoms with Gasteiger partial charge in [-0.3, -0.25) is 19.2 Å². The number of nitrogens with zero attached hydrogens (tertiary/aromatic N) is 2. The van der Waals surface area contributed by atoms with Crippen LogP contribution in [0.5, 0.6) is 0 Å². The van der Waals surface area contributed by atoms with Crippen LogP contribution < -0.4 is 5.32 Å². The number of carboxylic acids is 1. The predicted octanol–water partition coefficient (Wildman–Crippen LogP) is 0.711. The summed E-state index contributed by atoms with van der Waals surface area (Å²) < 4.78 is 0. The Morgan fingerprint density at radius 1 is 1.23 bits per heavy atom. The third-order valence-corrected chi connectivity index (χ3v) is 4.46. The molecule has 0 aromatic rings. The number of likely N-dealkylation sites (N-methyl/N-ethyl adjacent to an activating group) is 1. The van der Waals surface area contributed by atoms with Crippen LogP contribution in [0.3, 0.4) is 0 Å². The number of aliphatic carboxylic acids is 1. The number of carbonyl (C=O) groups excluding carboxylic acids is 3. The molecule has 1 atom stereocenters. The molecular weight excluding hydrogens is 338 g/mol. The lowest BCUT2D eigenvalue weighted by Crippen LogP contribution is -2.47. The molecule has 1 rings (SSSR count). The quantitative estimate of drug-likeness (QED) is 0.643. The largest absolute Gasteiger partial charge is 0.481 e. The van der Waals surface area contributed by atoms with Gasteiger partial charge in [0.1, 0.15) is 0 Å². The van der Waals surface area contributed by atoms with E-state index >= 15 is 0 Å². The van der Waals surface area contributed by atoms with Crippen LogP contribution in [-0.2, 0) is 19.2 Å². The van der Waals surface area contributed by atoms with Crippen molar-refractivity contribution < 1.29 is 24.3 Å². The van der Waals surface area contributed by atoms with Crippen LogP contribution in [0, 0.1) is 11.3 Å². The molecule has 1 heterocycles. The van der Waals surface area contributed by atoms with Gasteiger partial charge in [-0.05, 0) is 19.3 Å². The second-order valence-electron chi connectivity index (χ2n) is 7.88. The fraction of sp³-hybridized carbons (Fsp3) is 0.778. The minimum Gasteiger partial charge on any atom is -0.481 e. The second kappa shape index (κ2) is 9.54. The summed E-state index contributed by atoms with van der Waals surface area (Å²) in [6.45, 7) is 6.56. The molecule has 148 valence electrons. The Morgan fingerprint density at radius 3 is 2.46 bits per heavy atom. The minimum absolute atomic E-state index is 0.0560. The molecule has 0 spiro atoms. The molecule has 1 fully saturated rings. The Bertz CT molecular complexity index is 541. The molecule has 0 aliphatic carbocycles. The maximum Gasteiger partial charge on any atom is 0.308 e. The monoisotopic (exact) mass is 369 g/mol. The standard InChI is InChI=1S/C18H31N3O5/c1-18(2,3)17(26)19-9-5-8-14(22)20(4)12-15(23)21-10-6-7-13(11-21)16(24)25/h13H,5-12H2,1-4H3,(H,19,26)(H,24,25). The molecule has 1 aliphatic rings. The molecule has 1 unspecified atom stereocenters. The van der Waals surface area contributed by atoms with E-state index in [0.717, 1.165) is 0 Å². The van der Waals surface area contributed by atoms with E-state index in [1.807, 2.05) is 20.8 Å². The van der Waals surface area contributed by atoms with E-state index in [1.165, 1.54) is 9.80 Å². The minimum atomic E-state index is -0.885. The molecule has 3 amide bonds. The average Bonchev–Trinajstić information content (AvgIpc) is 2.57. The highest BCUT2D eigenvalue weighted by molar-refractivity contribution is 5.85. The van der Waals surface area contributed by atoms with Crippen molar-refractivity contribution in [3.8, 4) is 0 Å². The van der Waals surface area contributed by atoms with Crippen molar-refractivity contribution in [2.24, 2.45) is 11.3 Å². The van der Waals surface area contributed by atoms with E-state index in [4.69, 9.17) is 5.11 Å².